The molecule has 0 atom stereocenters. The van der Waals surface area contributed by atoms with Crippen molar-refractivity contribution in [3.63, 3.8) is 0 Å². The predicted octanol–water partition coefficient (Wildman–Crippen LogP) is 1.01. The van der Waals surface area contributed by atoms with Gasteiger partial charge in [0.05, 0.1) is 5.70 Å². The highest BCUT2D eigenvalue weighted by atomic mass is 35.5. The molecule has 0 radical (unpaired) electrons. The summed E-state index contributed by atoms with van der Waals surface area (Å²) in [6, 6.07) is 0. The van der Waals surface area contributed by atoms with E-state index in [9.17, 15) is 0 Å². The number of nitrogens with zero attached hydrogens (tertiary/aromatic N) is 1. The van der Waals surface area contributed by atoms with Gasteiger partial charge in [-0.2, -0.15) is 0 Å². The minimum atomic E-state index is 0.706. The third kappa shape index (κ3) is 3.05. The monoisotopic (exact) mass is 187 g/mol. The van der Waals surface area contributed by atoms with Gasteiger partial charge in [0.1, 0.15) is 0 Å². The van der Waals surface area contributed by atoms with E-state index in [-0.39, 0.29) is 0 Å². The Morgan fingerprint density at radius 2 is 2.50 bits per heavy atom. The second-order valence-electron chi connectivity index (χ2n) is 2.62. The molecular weight excluding hydrogens is 174 g/mol. The minimum absolute atomic E-state index is 0.706. The molecule has 0 aromatic carbocycles. The molecule has 1 aliphatic heterocycles. The first kappa shape index (κ1) is 9.26. The van der Waals surface area contributed by atoms with E-state index in [1.807, 2.05) is 30.5 Å². The second-order valence-corrected chi connectivity index (χ2v) is 3.00. The number of hydrazine groups is 1. The largest absolute Gasteiger partial charge is 0.384 e. The SMILES string of the molecule is CN1C=CC(NCCCCl)=CN1. The fourth-order valence-corrected chi connectivity index (χ4v) is 0.998. The lowest BCUT2D eigenvalue weighted by atomic mass is 10.4. The van der Waals surface area contributed by atoms with Gasteiger partial charge >= 0.3 is 0 Å². The smallest absolute Gasteiger partial charge is 0.0534 e. The average Bonchev–Trinajstić information content (AvgIpc) is 2.09. The lowest BCUT2D eigenvalue weighted by Gasteiger charge is -2.19. The Kier molecular flexibility index (Phi) is 3.80. The molecule has 0 aliphatic carbocycles. The number of nitrogens with one attached hydrogen (secondary N) is 2. The molecule has 0 saturated carbocycles. The molecule has 1 aliphatic rings. The minimum Gasteiger partial charge on any atom is -0.384 e. The molecular formula is C8H14ClN3. The first-order chi connectivity index (χ1) is 5.83. The Hall–Kier alpha value is -0.830. The van der Waals surface area contributed by atoms with Gasteiger partial charge in [0.15, 0.2) is 0 Å². The van der Waals surface area contributed by atoms with E-state index in [1.54, 1.807) is 0 Å². The summed E-state index contributed by atoms with van der Waals surface area (Å²) in [5.41, 5.74) is 4.14. The standard InChI is InChI=1S/C8H14ClN3/c1-12-6-3-8(7-11-12)10-5-2-4-9/h3,6-7,10-11H,2,4-5H2,1H3. The average molecular weight is 188 g/mol. The van der Waals surface area contributed by atoms with Crippen molar-refractivity contribution < 1.29 is 0 Å². The normalized spacial score (nSPS) is 15.5. The number of hydrogen-bond acceptors (Lipinski definition) is 3. The molecule has 1 rings (SSSR count). The van der Waals surface area contributed by atoms with E-state index in [1.165, 1.54) is 0 Å². The van der Waals surface area contributed by atoms with Gasteiger partial charge in [0, 0.05) is 31.9 Å². The summed E-state index contributed by atoms with van der Waals surface area (Å²) >= 11 is 5.54. The maximum absolute atomic E-state index is 5.54. The number of halogens is 1. The van der Waals surface area contributed by atoms with Crippen LogP contribution in [0, 0.1) is 0 Å². The highest BCUT2D eigenvalue weighted by Crippen LogP contribution is 1.97. The predicted molar refractivity (Wildman–Crippen MR) is 51.5 cm³/mol. The van der Waals surface area contributed by atoms with Crippen LogP contribution in [0.4, 0.5) is 0 Å². The molecule has 1 heterocycles. The van der Waals surface area contributed by atoms with Gasteiger partial charge in [-0.25, -0.2) is 0 Å². The van der Waals surface area contributed by atoms with E-state index in [0.29, 0.717) is 5.88 Å². The molecule has 0 saturated heterocycles. The maximum Gasteiger partial charge on any atom is 0.0534 e. The van der Waals surface area contributed by atoms with Gasteiger partial charge in [-0.15, -0.1) is 11.6 Å². The van der Waals surface area contributed by atoms with Gasteiger partial charge in [-0.1, -0.05) is 0 Å². The lowest BCUT2D eigenvalue weighted by Crippen LogP contribution is -2.30. The van der Waals surface area contributed by atoms with Crippen LogP contribution in [0.15, 0.2) is 24.2 Å². The van der Waals surface area contributed by atoms with Crippen LogP contribution in [0.5, 0.6) is 0 Å². The second kappa shape index (κ2) is 4.93. The first-order valence-corrected chi connectivity index (χ1v) is 4.53. The zero-order valence-corrected chi connectivity index (χ0v) is 7.93. The first-order valence-electron chi connectivity index (χ1n) is 4.00. The Morgan fingerprint density at radius 3 is 3.08 bits per heavy atom. The lowest BCUT2D eigenvalue weighted by molar-refractivity contribution is 0.377. The third-order valence-corrected chi connectivity index (χ3v) is 1.81. The van der Waals surface area contributed by atoms with Crippen molar-refractivity contribution >= 4 is 11.6 Å². The fraction of sp³-hybridized carbons (Fsp3) is 0.500. The topological polar surface area (TPSA) is 27.3 Å². The van der Waals surface area contributed by atoms with Gasteiger partial charge in [0.25, 0.3) is 0 Å². The van der Waals surface area contributed by atoms with Crippen molar-refractivity contribution in [2.24, 2.45) is 0 Å². The molecule has 3 nitrogen and oxygen atoms in total. The summed E-state index contributed by atoms with van der Waals surface area (Å²) < 4.78 is 0. The Balaban J connectivity index is 2.21. The van der Waals surface area contributed by atoms with Crippen LogP contribution in [-0.2, 0) is 0 Å². The molecule has 0 aromatic heterocycles. The van der Waals surface area contributed by atoms with Crippen LogP contribution in [-0.4, -0.2) is 24.5 Å². The highest BCUT2D eigenvalue weighted by molar-refractivity contribution is 6.17. The van der Waals surface area contributed by atoms with Crippen molar-refractivity contribution in [2.45, 2.75) is 6.42 Å². The van der Waals surface area contributed by atoms with Crippen molar-refractivity contribution in [3.05, 3.63) is 24.2 Å². The number of alkyl halides is 1. The van der Waals surface area contributed by atoms with Crippen molar-refractivity contribution in [1.82, 2.24) is 15.8 Å². The zero-order chi connectivity index (χ0) is 8.81. The molecule has 2 N–H and O–H groups in total. The fourth-order valence-electron chi connectivity index (χ4n) is 0.864. The highest BCUT2D eigenvalue weighted by Gasteiger charge is 1.97. The van der Waals surface area contributed by atoms with Crippen LogP contribution in [0.3, 0.4) is 0 Å². The summed E-state index contributed by atoms with van der Waals surface area (Å²) in [6.07, 6.45) is 6.89. The van der Waals surface area contributed by atoms with Crippen molar-refractivity contribution in [1.29, 1.82) is 0 Å². The molecule has 4 heteroatoms. The van der Waals surface area contributed by atoms with Crippen molar-refractivity contribution in [2.75, 3.05) is 19.5 Å². The molecule has 0 unspecified atom stereocenters. The van der Waals surface area contributed by atoms with Crippen LogP contribution < -0.4 is 10.7 Å². The van der Waals surface area contributed by atoms with Crippen LogP contribution in [0.2, 0.25) is 0 Å². The third-order valence-electron chi connectivity index (χ3n) is 1.54. The Morgan fingerprint density at radius 1 is 1.67 bits per heavy atom. The van der Waals surface area contributed by atoms with Gasteiger partial charge < -0.3 is 10.7 Å². The number of allylic oxidation sites excluding steroid dienone is 1. The van der Waals surface area contributed by atoms with E-state index in [4.69, 9.17) is 11.6 Å². The van der Waals surface area contributed by atoms with Crippen LogP contribution >= 0.6 is 11.6 Å². The molecule has 0 fully saturated rings. The molecule has 0 spiro atoms. The summed E-state index contributed by atoms with van der Waals surface area (Å²) in [6.45, 7) is 0.922. The summed E-state index contributed by atoms with van der Waals surface area (Å²) in [5, 5.41) is 5.13. The zero-order valence-electron chi connectivity index (χ0n) is 7.18. The van der Waals surface area contributed by atoms with Crippen LogP contribution in [0.1, 0.15) is 6.42 Å². The van der Waals surface area contributed by atoms with Crippen LogP contribution in [0.25, 0.3) is 0 Å². The molecule has 0 bridgehead atoms. The number of rotatable bonds is 4. The van der Waals surface area contributed by atoms with E-state index in [0.717, 1.165) is 18.7 Å². The molecule has 0 amide bonds. The van der Waals surface area contributed by atoms with Gasteiger partial charge in [-0.05, 0) is 12.5 Å². The van der Waals surface area contributed by atoms with E-state index in [2.05, 4.69) is 10.7 Å². The maximum atomic E-state index is 5.54. The summed E-state index contributed by atoms with van der Waals surface area (Å²) in [5.74, 6) is 0.706. The van der Waals surface area contributed by atoms with Gasteiger partial charge in [0.2, 0.25) is 0 Å². The Labute approximate surface area is 78.0 Å². The Bertz CT molecular complexity index is 189. The molecule has 68 valence electrons. The number of hydrogen-bond donors (Lipinski definition) is 2. The quantitative estimate of drug-likeness (QED) is 0.508. The summed E-state index contributed by atoms with van der Waals surface area (Å²) in [4.78, 5) is 0. The van der Waals surface area contributed by atoms with E-state index < -0.39 is 0 Å². The molecule has 12 heavy (non-hydrogen) atoms. The van der Waals surface area contributed by atoms with Crippen molar-refractivity contribution in [3.8, 4) is 0 Å². The molecule has 0 aromatic rings. The van der Waals surface area contributed by atoms with Gasteiger partial charge in [-0.3, -0.25) is 5.01 Å². The summed E-state index contributed by atoms with van der Waals surface area (Å²) in [7, 11) is 1.95. The van der Waals surface area contributed by atoms with E-state index >= 15 is 0 Å².